The van der Waals surface area contributed by atoms with Gasteiger partial charge in [-0.05, 0) is 31.9 Å². The molecule has 7 nitrogen and oxygen atoms in total. The van der Waals surface area contributed by atoms with Crippen LogP contribution in [0, 0.1) is 21.4 Å². The van der Waals surface area contributed by atoms with Crippen molar-refractivity contribution in [2.24, 2.45) is 0 Å². The Kier molecular flexibility index (Phi) is 5.16. The van der Waals surface area contributed by atoms with E-state index >= 15 is 0 Å². The fraction of sp³-hybridized carbons (Fsp3) is 0.500. The van der Waals surface area contributed by atoms with Crippen molar-refractivity contribution in [3.63, 3.8) is 0 Å². The average molecular weight is 317 g/mol. The van der Waals surface area contributed by atoms with Gasteiger partial charge in [-0.2, -0.15) is 5.26 Å². The topological polar surface area (TPSA) is 105 Å². The van der Waals surface area contributed by atoms with Gasteiger partial charge in [0.2, 0.25) is 0 Å². The molecule has 1 saturated carbocycles. The first-order valence-corrected chi connectivity index (χ1v) is 7.60. The maximum Gasteiger partial charge on any atom is 0.269 e. The molecule has 0 radical (unpaired) electrons. The lowest BCUT2D eigenvalue weighted by atomic mass is 9.83. The second kappa shape index (κ2) is 7.09. The van der Waals surface area contributed by atoms with E-state index in [1.807, 2.05) is 0 Å². The van der Waals surface area contributed by atoms with Gasteiger partial charge in [-0.3, -0.25) is 14.9 Å². The predicted octanol–water partition coefficient (Wildman–Crippen LogP) is 2.70. The molecule has 1 aliphatic rings. The van der Waals surface area contributed by atoms with Crippen LogP contribution in [0.15, 0.2) is 24.3 Å². The Morgan fingerprint density at radius 2 is 1.96 bits per heavy atom. The summed E-state index contributed by atoms with van der Waals surface area (Å²) in [6.45, 7) is 1.59. The predicted molar refractivity (Wildman–Crippen MR) is 82.8 cm³/mol. The van der Waals surface area contributed by atoms with E-state index in [9.17, 15) is 20.2 Å². The van der Waals surface area contributed by atoms with Crippen LogP contribution in [0.2, 0.25) is 0 Å². The molecule has 0 aliphatic heterocycles. The summed E-state index contributed by atoms with van der Waals surface area (Å²) in [5.74, 6) is 0.0136. The Morgan fingerprint density at radius 1 is 1.35 bits per heavy atom. The van der Waals surface area contributed by atoms with Gasteiger partial charge in [0.05, 0.1) is 11.0 Å². The summed E-state index contributed by atoms with van der Waals surface area (Å²) in [4.78, 5) is 22.4. The lowest BCUT2D eigenvalue weighted by molar-refractivity contribution is -0.384. The molecule has 0 heterocycles. The molecule has 0 unspecified atom stereocenters. The van der Waals surface area contributed by atoms with E-state index in [2.05, 4.69) is 11.4 Å². The van der Waals surface area contributed by atoms with Crippen LogP contribution in [0.5, 0.6) is 5.75 Å². The highest BCUT2D eigenvalue weighted by Crippen LogP contribution is 2.27. The maximum absolute atomic E-state index is 12.3. The van der Waals surface area contributed by atoms with Gasteiger partial charge in [-0.15, -0.1) is 0 Å². The quantitative estimate of drug-likeness (QED) is 0.664. The molecule has 7 heteroatoms. The highest BCUT2D eigenvalue weighted by atomic mass is 16.6. The van der Waals surface area contributed by atoms with Crippen LogP contribution in [-0.4, -0.2) is 22.5 Å². The fourth-order valence-corrected chi connectivity index (χ4v) is 2.66. The van der Waals surface area contributed by atoms with Gasteiger partial charge in [0.25, 0.3) is 11.6 Å². The van der Waals surface area contributed by atoms with Crippen LogP contribution in [0.25, 0.3) is 0 Å². The van der Waals surface area contributed by atoms with Crippen molar-refractivity contribution in [3.05, 3.63) is 34.4 Å². The normalized spacial score (nSPS) is 17.6. The molecule has 2 rings (SSSR count). The molecule has 0 spiro atoms. The number of hydrogen-bond donors (Lipinski definition) is 1. The maximum atomic E-state index is 12.3. The Hall–Kier alpha value is -2.62. The van der Waals surface area contributed by atoms with E-state index in [1.54, 1.807) is 6.92 Å². The molecule has 1 fully saturated rings. The van der Waals surface area contributed by atoms with Crippen molar-refractivity contribution in [2.45, 2.75) is 50.7 Å². The zero-order chi connectivity index (χ0) is 16.9. The Balaban J connectivity index is 1.96. The number of ether oxygens (including phenoxy) is 1. The fourth-order valence-electron chi connectivity index (χ4n) is 2.66. The Morgan fingerprint density at radius 3 is 2.48 bits per heavy atom. The number of benzene rings is 1. The number of nitrogens with one attached hydrogen (secondary N) is 1. The summed E-state index contributed by atoms with van der Waals surface area (Å²) in [5.41, 5.74) is -0.845. The van der Waals surface area contributed by atoms with Crippen LogP contribution < -0.4 is 10.1 Å². The molecule has 1 amide bonds. The van der Waals surface area contributed by atoms with E-state index in [0.717, 1.165) is 19.3 Å². The first-order valence-electron chi connectivity index (χ1n) is 7.60. The van der Waals surface area contributed by atoms with Crippen LogP contribution in [0.3, 0.4) is 0 Å². The Bertz CT molecular complexity index is 615. The molecule has 1 aromatic rings. The number of carbonyl (C=O) groups is 1. The third-order valence-electron chi connectivity index (χ3n) is 4.01. The van der Waals surface area contributed by atoms with Crippen LogP contribution >= 0.6 is 0 Å². The van der Waals surface area contributed by atoms with Crippen molar-refractivity contribution in [2.75, 3.05) is 0 Å². The molecule has 0 aromatic heterocycles. The van der Waals surface area contributed by atoms with Gasteiger partial charge in [-0.25, -0.2) is 0 Å². The summed E-state index contributed by atoms with van der Waals surface area (Å²) >= 11 is 0. The minimum Gasteiger partial charge on any atom is -0.481 e. The van der Waals surface area contributed by atoms with E-state index in [1.165, 1.54) is 24.3 Å². The molecular weight excluding hydrogens is 298 g/mol. The number of hydrogen-bond acceptors (Lipinski definition) is 5. The number of amides is 1. The number of rotatable bonds is 5. The van der Waals surface area contributed by atoms with Crippen LogP contribution in [0.1, 0.15) is 39.0 Å². The molecule has 1 atom stereocenters. The van der Waals surface area contributed by atoms with E-state index < -0.39 is 16.6 Å². The van der Waals surface area contributed by atoms with Gasteiger partial charge in [0.15, 0.2) is 6.10 Å². The molecule has 0 saturated heterocycles. The van der Waals surface area contributed by atoms with Crippen molar-refractivity contribution < 1.29 is 14.5 Å². The third-order valence-corrected chi connectivity index (χ3v) is 4.01. The standard InChI is InChI=1S/C16H19N3O4/c1-12(23-14-7-5-13(6-8-14)19(21)22)15(20)18-16(11-17)9-3-2-4-10-16/h5-8,12H,2-4,9-10H2,1H3,(H,18,20)/t12-/m0/s1. The number of nitriles is 1. The van der Waals surface area contributed by atoms with Crippen LogP contribution in [0.4, 0.5) is 5.69 Å². The van der Waals surface area contributed by atoms with Crippen molar-refractivity contribution >= 4 is 11.6 Å². The second-order valence-electron chi connectivity index (χ2n) is 5.75. The smallest absolute Gasteiger partial charge is 0.269 e. The van der Waals surface area contributed by atoms with E-state index in [-0.39, 0.29) is 11.6 Å². The number of carbonyl (C=O) groups excluding carboxylic acids is 1. The largest absolute Gasteiger partial charge is 0.481 e. The number of nitro benzene ring substituents is 1. The highest BCUT2D eigenvalue weighted by molar-refractivity contribution is 5.82. The van der Waals surface area contributed by atoms with Crippen LogP contribution in [-0.2, 0) is 4.79 Å². The molecule has 23 heavy (non-hydrogen) atoms. The van der Waals surface area contributed by atoms with Crippen molar-refractivity contribution in [1.29, 1.82) is 5.26 Å². The monoisotopic (exact) mass is 317 g/mol. The minimum absolute atomic E-state index is 0.0416. The molecule has 122 valence electrons. The first-order chi connectivity index (χ1) is 11.0. The van der Waals surface area contributed by atoms with Gasteiger partial charge >= 0.3 is 0 Å². The molecule has 1 aromatic carbocycles. The number of nitro groups is 1. The zero-order valence-electron chi connectivity index (χ0n) is 12.9. The summed E-state index contributed by atoms with van der Waals surface area (Å²) in [6.07, 6.45) is 3.44. The minimum atomic E-state index is -0.803. The molecular formula is C16H19N3O4. The number of non-ortho nitro benzene ring substituents is 1. The van der Waals surface area contributed by atoms with Gasteiger partial charge < -0.3 is 10.1 Å². The SMILES string of the molecule is C[C@H](Oc1ccc([N+](=O)[O-])cc1)C(=O)NC1(C#N)CCCCC1. The number of nitrogens with zero attached hydrogens (tertiary/aromatic N) is 2. The summed E-state index contributed by atoms with van der Waals surface area (Å²) < 4.78 is 5.50. The van der Waals surface area contributed by atoms with E-state index in [0.29, 0.717) is 18.6 Å². The zero-order valence-corrected chi connectivity index (χ0v) is 12.9. The third kappa shape index (κ3) is 4.19. The Labute approximate surface area is 134 Å². The average Bonchev–Trinajstić information content (AvgIpc) is 2.56. The molecule has 0 bridgehead atoms. The summed E-state index contributed by atoms with van der Waals surface area (Å²) in [6, 6.07) is 7.75. The lowest BCUT2D eigenvalue weighted by Gasteiger charge is -2.32. The van der Waals surface area contributed by atoms with Gasteiger partial charge in [-0.1, -0.05) is 19.3 Å². The summed E-state index contributed by atoms with van der Waals surface area (Å²) in [5, 5.41) is 22.8. The van der Waals surface area contributed by atoms with Crippen molar-refractivity contribution in [1.82, 2.24) is 5.32 Å². The summed E-state index contributed by atoms with van der Waals surface area (Å²) in [7, 11) is 0. The molecule has 1 N–H and O–H groups in total. The second-order valence-corrected chi connectivity index (χ2v) is 5.75. The lowest BCUT2D eigenvalue weighted by Crippen LogP contribution is -2.52. The van der Waals surface area contributed by atoms with Gasteiger partial charge in [0.1, 0.15) is 11.3 Å². The van der Waals surface area contributed by atoms with E-state index in [4.69, 9.17) is 4.74 Å². The van der Waals surface area contributed by atoms with Gasteiger partial charge in [0, 0.05) is 12.1 Å². The highest BCUT2D eigenvalue weighted by Gasteiger charge is 2.35. The van der Waals surface area contributed by atoms with Crippen molar-refractivity contribution in [3.8, 4) is 11.8 Å². The molecule has 1 aliphatic carbocycles. The first kappa shape index (κ1) is 16.7.